The molecule has 0 unspecified atom stereocenters. The van der Waals surface area contributed by atoms with Crippen LogP contribution >= 0.6 is 11.6 Å². The third kappa shape index (κ3) is 4.14. The summed E-state index contributed by atoms with van der Waals surface area (Å²) >= 11 is 6.47. The van der Waals surface area contributed by atoms with Gasteiger partial charge < -0.3 is 4.90 Å². The van der Waals surface area contributed by atoms with Gasteiger partial charge in [-0.25, -0.2) is 4.68 Å². The predicted molar refractivity (Wildman–Crippen MR) is 94.0 cm³/mol. The molecule has 124 valence electrons. The van der Waals surface area contributed by atoms with Crippen LogP contribution in [-0.2, 0) is 6.54 Å². The molecule has 1 aromatic heterocycles. The van der Waals surface area contributed by atoms with Crippen LogP contribution in [-0.4, -0.2) is 33.7 Å². The summed E-state index contributed by atoms with van der Waals surface area (Å²) in [7, 11) is 0. The molecule has 0 saturated heterocycles. The fraction of sp³-hybridized carbons (Fsp3) is 0.444. The molecule has 0 N–H and O–H groups in total. The summed E-state index contributed by atoms with van der Waals surface area (Å²) < 4.78 is 1.70. The number of hydrogen-bond donors (Lipinski definition) is 0. The number of hydrogen-bond acceptors (Lipinski definition) is 2. The number of nitrogens with zero attached hydrogens (tertiary/aromatic N) is 3. The Morgan fingerprint density at radius 2 is 1.78 bits per heavy atom. The second-order valence-corrected chi connectivity index (χ2v) is 6.04. The molecule has 0 atom stereocenters. The van der Waals surface area contributed by atoms with Crippen LogP contribution in [0.4, 0.5) is 0 Å². The summed E-state index contributed by atoms with van der Waals surface area (Å²) in [6, 6.07) is 9.98. The smallest absolute Gasteiger partial charge is 0.258 e. The molecule has 0 bridgehead atoms. The number of benzene rings is 1. The highest BCUT2D eigenvalue weighted by Crippen LogP contribution is 2.23. The molecule has 0 saturated carbocycles. The molecule has 4 nitrogen and oxygen atoms in total. The number of rotatable bonds is 7. The molecular formula is C18H24ClN3O. The quantitative estimate of drug-likeness (QED) is 0.763. The molecule has 2 rings (SSSR count). The molecule has 0 spiro atoms. The summed E-state index contributed by atoms with van der Waals surface area (Å²) in [5.74, 6) is -0.0180. The normalized spacial score (nSPS) is 10.8. The van der Waals surface area contributed by atoms with Crippen LogP contribution in [0.15, 0.2) is 30.3 Å². The van der Waals surface area contributed by atoms with Gasteiger partial charge in [-0.2, -0.15) is 5.10 Å². The lowest BCUT2D eigenvalue weighted by Gasteiger charge is -2.21. The summed E-state index contributed by atoms with van der Waals surface area (Å²) in [6.45, 7) is 8.04. The van der Waals surface area contributed by atoms with Crippen LogP contribution in [0.2, 0.25) is 5.15 Å². The van der Waals surface area contributed by atoms with Crippen molar-refractivity contribution >= 4 is 17.5 Å². The third-order valence-corrected chi connectivity index (χ3v) is 4.11. The zero-order valence-corrected chi connectivity index (χ0v) is 14.8. The monoisotopic (exact) mass is 333 g/mol. The Morgan fingerprint density at radius 3 is 2.35 bits per heavy atom. The van der Waals surface area contributed by atoms with Crippen LogP contribution in [0.3, 0.4) is 0 Å². The fourth-order valence-electron chi connectivity index (χ4n) is 2.67. The lowest BCUT2D eigenvalue weighted by molar-refractivity contribution is 0.0755. The van der Waals surface area contributed by atoms with Crippen molar-refractivity contribution in [2.45, 2.75) is 40.2 Å². The molecule has 23 heavy (non-hydrogen) atoms. The Labute approximate surface area is 143 Å². The standard InChI is InChI=1S/C18H24ClN3O/c1-4-11-21(12-5-2)18(23)16-14(3)20-22(17(16)19)13-15-9-7-6-8-10-15/h6-10H,4-5,11-13H2,1-3H3. The number of carbonyl (C=O) groups excluding carboxylic acids is 1. The first-order valence-corrected chi connectivity index (χ1v) is 8.52. The number of aromatic nitrogens is 2. The van der Waals surface area contributed by atoms with E-state index in [9.17, 15) is 4.79 Å². The maximum Gasteiger partial charge on any atom is 0.258 e. The summed E-state index contributed by atoms with van der Waals surface area (Å²) in [5, 5.41) is 4.89. The van der Waals surface area contributed by atoms with E-state index in [2.05, 4.69) is 18.9 Å². The SMILES string of the molecule is CCCN(CCC)C(=O)c1c(C)nn(Cc2ccccc2)c1Cl. The third-order valence-electron chi connectivity index (χ3n) is 3.73. The Bertz CT molecular complexity index is 646. The Balaban J connectivity index is 2.27. The van der Waals surface area contributed by atoms with Gasteiger partial charge in [0.15, 0.2) is 0 Å². The average molecular weight is 334 g/mol. The van der Waals surface area contributed by atoms with E-state index in [1.54, 1.807) is 4.68 Å². The second-order valence-electron chi connectivity index (χ2n) is 5.69. The van der Waals surface area contributed by atoms with E-state index in [1.165, 1.54) is 0 Å². The van der Waals surface area contributed by atoms with E-state index in [0.29, 0.717) is 23.0 Å². The average Bonchev–Trinajstić information content (AvgIpc) is 2.81. The van der Waals surface area contributed by atoms with Gasteiger partial charge in [-0.1, -0.05) is 55.8 Å². The van der Waals surface area contributed by atoms with Gasteiger partial charge in [0.25, 0.3) is 5.91 Å². The molecule has 2 aromatic rings. The topological polar surface area (TPSA) is 38.1 Å². The Hall–Kier alpha value is -1.81. The van der Waals surface area contributed by atoms with Crippen LogP contribution in [0.5, 0.6) is 0 Å². The molecule has 1 heterocycles. The highest BCUT2D eigenvalue weighted by molar-refractivity contribution is 6.33. The van der Waals surface area contributed by atoms with Crippen molar-refractivity contribution < 1.29 is 4.79 Å². The van der Waals surface area contributed by atoms with Crippen LogP contribution < -0.4 is 0 Å². The van der Waals surface area contributed by atoms with Crippen molar-refractivity contribution in [2.75, 3.05) is 13.1 Å². The zero-order chi connectivity index (χ0) is 16.8. The van der Waals surface area contributed by atoms with E-state index in [4.69, 9.17) is 11.6 Å². The largest absolute Gasteiger partial charge is 0.339 e. The highest BCUT2D eigenvalue weighted by atomic mass is 35.5. The second kappa shape index (κ2) is 8.16. The van der Waals surface area contributed by atoms with Gasteiger partial charge in [-0.05, 0) is 25.3 Å². The van der Waals surface area contributed by atoms with Crippen molar-refractivity contribution in [1.29, 1.82) is 0 Å². The van der Waals surface area contributed by atoms with Gasteiger partial charge in [-0.15, -0.1) is 0 Å². The van der Waals surface area contributed by atoms with Gasteiger partial charge >= 0.3 is 0 Å². The molecule has 1 aromatic carbocycles. The minimum absolute atomic E-state index is 0.0180. The van der Waals surface area contributed by atoms with Crippen molar-refractivity contribution in [3.63, 3.8) is 0 Å². The highest BCUT2D eigenvalue weighted by Gasteiger charge is 2.24. The fourth-order valence-corrected chi connectivity index (χ4v) is 2.99. The molecule has 5 heteroatoms. The van der Waals surface area contributed by atoms with Gasteiger partial charge in [-0.3, -0.25) is 4.79 Å². The van der Waals surface area contributed by atoms with Crippen molar-refractivity contribution in [3.8, 4) is 0 Å². The van der Waals surface area contributed by atoms with Gasteiger partial charge in [0, 0.05) is 13.1 Å². The van der Waals surface area contributed by atoms with E-state index in [1.807, 2.05) is 42.2 Å². The number of carbonyl (C=O) groups is 1. The van der Waals surface area contributed by atoms with E-state index < -0.39 is 0 Å². The van der Waals surface area contributed by atoms with Crippen LogP contribution in [0.25, 0.3) is 0 Å². The molecule has 1 amide bonds. The molecule has 0 aliphatic carbocycles. The van der Waals surface area contributed by atoms with E-state index in [-0.39, 0.29) is 5.91 Å². The van der Waals surface area contributed by atoms with Crippen molar-refractivity contribution in [3.05, 3.63) is 52.3 Å². The molecule has 0 fully saturated rings. The number of aryl methyl sites for hydroxylation is 1. The van der Waals surface area contributed by atoms with Gasteiger partial charge in [0.05, 0.1) is 17.8 Å². The molecular weight excluding hydrogens is 310 g/mol. The summed E-state index contributed by atoms with van der Waals surface area (Å²) in [4.78, 5) is 14.7. The lowest BCUT2D eigenvalue weighted by Crippen LogP contribution is -2.32. The van der Waals surface area contributed by atoms with E-state index in [0.717, 1.165) is 31.5 Å². The summed E-state index contributed by atoms with van der Waals surface area (Å²) in [5.41, 5.74) is 2.33. The van der Waals surface area contributed by atoms with E-state index >= 15 is 0 Å². The first-order chi connectivity index (χ1) is 11.1. The summed E-state index contributed by atoms with van der Waals surface area (Å²) in [6.07, 6.45) is 1.86. The molecule has 0 radical (unpaired) electrons. The maximum atomic E-state index is 12.8. The predicted octanol–water partition coefficient (Wildman–Crippen LogP) is 4.16. The Morgan fingerprint density at radius 1 is 1.17 bits per heavy atom. The minimum Gasteiger partial charge on any atom is -0.339 e. The maximum absolute atomic E-state index is 12.8. The lowest BCUT2D eigenvalue weighted by atomic mass is 10.2. The first kappa shape index (κ1) is 17.5. The minimum atomic E-state index is -0.0180. The van der Waals surface area contributed by atoms with Crippen LogP contribution in [0, 0.1) is 6.92 Å². The van der Waals surface area contributed by atoms with Crippen molar-refractivity contribution in [2.24, 2.45) is 0 Å². The molecule has 0 aliphatic rings. The Kier molecular flexibility index (Phi) is 6.22. The number of amides is 1. The first-order valence-electron chi connectivity index (χ1n) is 8.14. The van der Waals surface area contributed by atoms with Gasteiger partial charge in [0.1, 0.15) is 5.15 Å². The number of halogens is 1. The zero-order valence-electron chi connectivity index (χ0n) is 14.1. The van der Waals surface area contributed by atoms with Gasteiger partial charge in [0.2, 0.25) is 0 Å². The van der Waals surface area contributed by atoms with Crippen molar-refractivity contribution in [1.82, 2.24) is 14.7 Å². The molecule has 0 aliphatic heterocycles. The van der Waals surface area contributed by atoms with Crippen LogP contribution in [0.1, 0.15) is 48.3 Å².